The van der Waals surface area contributed by atoms with Gasteiger partial charge in [-0.1, -0.05) is 6.92 Å². The van der Waals surface area contributed by atoms with E-state index in [1.54, 1.807) is 21.3 Å². The molecule has 0 saturated carbocycles. The average Bonchev–Trinajstić information content (AvgIpc) is 3.50. The van der Waals surface area contributed by atoms with Crippen LogP contribution in [0.15, 0.2) is 24.3 Å². The molecule has 3 atom stereocenters. The molecule has 0 unspecified atom stereocenters. The lowest BCUT2D eigenvalue weighted by atomic mass is 9.73. The summed E-state index contributed by atoms with van der Waals surface area (Å²) in [5.74, 6) is 4.47. The zero-order chi connectivity index (χ0) is 22.5. The van der Waals surface area contributed by atoms with Crippen LogP contribution in [0, 0.1) is 5.92 Å². The number of nitrogens with zero attached hydrogens (tertiary/aromatic N) is 1. The van der Waals surface area contributed by atoms with Gasteiger partial charge in [-0.25, -0.2) is 0 Å². The van der Waals surface area contributed by atoms with Gasteiger partial charge in [-0.15, -0.1) is 0 Å². The van der Waals surface area contributed by atoms with Gasteiger partial charge in [-0.3, -0.25) is 4.90 Å². The number of rotatable bonds is 5. The first-order valence-electron chi connectivity index (χ1n) is 11.2. The molecule has 0 radical (unpaired) electrons. The Kier molecular flexibility index (Phi) is 5.24. The highest BCUT2D eigenvalue weighted by Gasteiger charge is 2.51. The van der Waals surface area contributed by atoms with Gasteiger partial charge in [0.2, 0.25) is 6.79 Å². The third kappa shape index (κ3) is 3.13. The predicted molar refractivity (Wildman–Crippen MR) is 120 cm³/mol. The summed E-state index contributed by atoms with van der Waals surface area (Å²) in [6, 6.07) is 7.85. The molecule has 32 heavy (non-hydrogen) atoms. The van der Waals surface area contributed by atoms with Crippen molar-refractivity contribution in [1.29, 1.82) is 0 Å². The lowest BCUT2D eigenvalue weighted by Gasteiger charge is -2.50. The van der Waals surface area contributed by atoms with Crippen molar-refractivity contribution in [1.82, 2.24) is 4.90 Å². The SMILES string of the molecule is COc1cc(OC)c([C@H]2c3cc4c(cc3O[C@@](C)(N3CCCC3)[C@@H]2C)OCO4)c(OC)c1. The smallest absolute Gasteiger partial charge is 0.231 e. The fraction of sp³-hybridized carbons (Fsp3) is 0.520. The first-order valence-corrected chi connectivity index (χ1v) is 11.2. The summed E-state index contributed by atoms with van der Waals surface area (Å²) in [5.41, 5.74) is 1.54. The van der Waals surface area contributed by atoms with Crippen LogP contribution in [0.25, 0.3) is 0 Å². The summed E-state index contributed by atoms with van der Waals surface area (Å²) in [6.07, 6.45) is 2.36. The van der Waals surface area contributed by atoms with Crippen molar-refractivity contribution in [2.75, 3.05) is 41.2 Å². The molecule has 2 aromatic rings. The molecule has 2 aromatic carbocycles. The summed E-state index contributed by atoms with van der Waals surface area (Å²) in [4.78, 5) is 2.46. The monoisotopic (exact) mass is 441 g/mol. The molecule has 3 heterocycles. The fourth-order valence-corrected chi connectivity index (χ4v) is 5.42. The minimum atomic E-state index is -0.488. The van der Waals surface area contributed by atoms with Crippen LogP contribution in [0.3, 0.4) is 0 Å². The van der Waals surface area contributed by atoms with Crippen molar-refractivity contribution in [3.63, 3.8) is 0 Å². The number of hydrogen-bond acceptors (Lipinski definition) is 7. The first-order chi connectivity index (χ1) is 15.5. The Hall–Kier alpha value is -2.80. The maximum Gasteiger partial charge on any atom is 0.231 e. The van der Waals surface area contributed by atoms with E-state index in [-0.39, 0.29) is 18.6 Å². The van der Waals surface area contributed by atoms with Gasteiger partial charge in [0.05, 0.1) is 21.3 Å². The van der Waals surface area contributed by atoms with Crippen molar-refractivity contribution in [3.05, 3.63) is 35.4 Å². The molecule has 0 spiro atoms. The number of fused-ring (bicyclic) bond motifs is 2. The normalized spacial score (nSPS) is 26.4. The lowest BCUT2D eigenvalue weighted by Crippen LogP contribution is -2.57. The van der Waals surface area contributed by atoms with Crippen molar-refractivity contribution < 1.29 is 28.4 Å². The minimum Gasteiger partial charge on any atom is -0.496 e. The maximum atomic E-state index is 6.77. The van der Waals surface area contributed by atoms with E-state index in [4.69, 9.17) is 28.4 Å². The van der Waals surface area contributed by atoms with Gasteiger partial charge in [0.1, 0.15) is 23.0 Å². The third-order valence-corrected chi connectivity index (χ3v) is 7.30. The molecule has 0 N–H and O–H groups in total. The van der Waals surface area contributed by atoms with Gasteiger partial charge in [0.25, 0.3) is 0 Å². The van der Waals surface area contributed by atoms with Crippen molar-refractivity contribution in [2.24, 2.45) is 5.92 Å². The summed E-state index contributed by atoms with van der Waals surface area (Å²) in [5, 5.41) is 0. The van der Waals surface area contributed by atoms with E-state index in [2.05, 4.69) is 18.7 Å². The second kappa shape index (κ2) is 7.96. The van der Waals surface area contributed by atoms with E-state index >= 15 is 0 Å². The Bertz CT molecular complexity index is 993. The van der Waals surface area contributed by atoms with E-state index in [1.807, 2.05) is 24.3 Å². The zero-order valence-corrected chi connectivity index (χ0v) is 19.4. The van der Waals surface area contributed by atoms with Crippen LogP contribution in [-0.4, -0.2) is 51.8 Å². The number of hydrogen-bond donors (Lipinski definition) is 0. The third-order valence-electron chi connectivity index (χ3n) is 7.30. The molecule has 172 valence electrons. The molecule has 3 aliphatic rings. The van der Waals surface area contributed by atoms with Gasteiger partial charge in [-0.2, -0.15) is 0 Å². The summed E-state index contributed by atoms with van der Waals surface area (Å²) in [6.45, 7) is 6.71. The van der Waals surface area contributed by atoms with Crippen LogP contribution in [0.2, 0.25) is 0 Å². The highest BCUT2D eigenvalue weighted by atomic mass is 16.7. The van der Waals surface area contributed by atoms with E-state index in [1.165, 1.54) is 12.8 Å². The molecule has 1 saturated heterocycles. The van der Waals surface area contributed by atoms with Gasteiger partial charge >= 0.3 is 0 Å². The summed E-state index contributed by atoms with van der Waals surface area (Å²) >= 11 is 0. The van der Waals surface area contributed by atoms with Crippen molar-refractivity contribution in [2.45, 2.75) is 38.3 Å². The Morgan fingerprint density at radius 2 is 1.50 bits per heavy atom. The number of benzene rings is 2. The molecule has 7 nitrogen and oxygen atoms in total. The predicted octanol–water partition coefficient (Wildman–Crippen LogP) is 4.41. The van der Waals surface area contributed by atoms with Gasteiger partial charge in [0.15, 0.2) is 17.2 Å². The van der Waals surface area contributed by atoms with E-state index in [0.717, 1.165) is 53.0 Å². The molecular weight excluding hydrogens is 410 g/mol. The highest BCUT2D eigenvalue weighted by molar-refractivity contribution is 5.61. The number of ether oxygens (including phenoxy) is 6. The Morgan fingerprint density at radius 3 is 2.09 bits per heavy atom. The largest absolute Gasteiger partial charge is 0.496 e. The van der Waals surface area contributed by atoms with Crippen LogP contribution in [0.1, 0.15) is 43.7 Å². The van der Waals surface area contributed by atoms with Gasteiger partial charge < -0.3 is 28.4 Å². The molecule has 1 fully saturated rings. The molecule has 0 aliphatic carbocycles. The molecule has 5 rings (SSSR count). The molecule has 0 aromatic heterocycles. The standard InChI is InChI=1S/C25H31NO6/c1-15-23(24-21(28-4)10-16(27-3)11-22(24)29-5)17-12-19-20(31-14-30-19)13-18(17)32-25(15,2)26-8-6-7-9-26/h10-13,15,23H,6-9,14H2,1-5H3/t15-,23-,25-/m1/s1. The second-order valence-corrected chi connectivity index (χ2v) is 8.81. The van der Waals surface area contributed by atoms with Crippen molar-refractivity contribution >= 4 is 0 Å². The Balaban J connectivity index is 1.74. The molecule has 7 heteroatoms. The second-order valence-electron chi connectivity index (χ2n) is 8.81. The van der Waals surface area contributed by atoms with Crippen molar-refractivity contribution in [3.8, 4) is 34.5 Å². The van der Waals surface area contributed by atoms with Crippen LogP contribution in [0.4, 0.5) is 0 Å². The van der Waals surface area contributed by atoms with Crippen LogP contribution >= 0.6 is 0 Å². The summed E-state index contributed by atoms with van der Waals surface area (Å²) < 4.78 is 35.4. The Morgan fingerprint density at radius 1 is 0.875 bits per heavy atom. The number of likely N-dealkylation sites (tertiary alicyclic amines) is 1. The molecule has 0 amide bonds. The maximum absolute atomic E-state index is 6.77. The summed E-state index contributed by atoms with van der Waals surface area (Å²) in [7, 11) is 5.01. The van der Waals surface area contributed by atoms with E-state index in [9.17, 15) is 0 Å². The van der Waals surface area contributed by atoms with Gasteiger partial charge in [0, 0.05) is 54.3 Å². The fourth-order valence-electron chi connectivity index (χ4n) is 5.42. The molecular formula is C25H31NO6. The number of methoxy groups -OCH3 is 3. The highest BCUT2D eigenvalue weighted by Crippen LogP contribution is 2.56. The minimum absolute atomic E-state index is 0.0466. The van der Waals surface area contributed by atoms with Crippen LogP contribution in [0.5, 0.6) is 34.5 Å². The molecule has 0 bridgehead atoms. The quantitative estimate of drug-likeness (QED) is 0.681. The van der Waals surface area contributed by atoms with Crippen LogP contribution in [-0.2, 0) is 0 Å². The lowest BCUT2D eigenvalue weighted by molar-refractivity contribution is -0.114. The zero-order valence-electron chi connectivity index (χ0n) is 19.4. The van der Waals surface area contributed by atoms with Crippen LogP contribution < -0.4 is 28.4 Å². The Labute approximate surface area is 189 Å². The molecule has 3 aliphatic heterocycles. The topological polar surface area (TPSA) is 58.6 Å². The first kappa shape index (κ1) is 21.1. The average molecular weight is 442 g/mol. The van der Waals surface area contributed by atoms with E-state index in [0.29, 0.717) is 5.75 Å². The van der Waals surface area contributed by atoms with Gasteiger partial charge in [-0.05, 0) is 25.8 Å². The van der Waals surface area contributed by atoms with E-state index < -0.39 is 5.72 Å².